The fraction of sp³-hybridized carbons (Fsp3) is 0.562. The standard InChI is InChI=1S/C16H22N2O2/c1-12-4-3-5-14(10-12)18-15(19)20-11-16(18,2)13-6-8-17-9-7-13/h3-5,10,13,17H,6-9,11H2,1-2H3. The minimum absolute atomic E-state index is 0.211. The van der Waals surface area contributed by atoms with Gasteiger partial charge in [0.25, 0.3) is 0 Å². The van der Waals surface area contributed by atoms with Crippen molar-refractivity contribution >= 4 is 11.8 Å². The second kappa shape index (κ2) is 5.09. The van der Waals surface area contributed by atoms with Crippen LogP contribution in [0.25, 0.3) is 0 Å². The first-order valence-electron chi connectivity index (χ1n) is 7.35. The van der Waals surface area contributed by atoms with E-state index >= 15 is 0 Å². The zero-order chi connectivity index (χ0) is 14.2. The molecule has 1 atom stereocenters. The number of hydrogen-bond acceptors (Lipinski definition) is 3. The summed E-state index contributed by atoms with van der Waals surface area (Å²) in [7, 11) is 0. The number of anilines is 1. The van der Waals surface area contributed by atoms with E-state index in [0.717, 1.165) is 37.2 Å². The summed E-state index contributed by atoms with van der Waals surface area (Å²) in [6.45, 7) is 6.75. The third-order valence-electron chi connectivity index (χ3n) is 4.66. The van der Waals surface area contributed by atoms with Crippen LogP contribution < -0.4 is 10.2 Å². The molecule has 1 N–H and O–H groups in total. The molecule has 2 aliphatic heterocycles. The summed E-state index contributed by atoms with van der Waals surface area (Å²) in [6, 6.07) is 8.11. The molecule has 0 saturated carbocycles. The van der Waals surface area contributed by atoms with Crippen molar-refractivity contribution in [1.82, 2.24) is 5.32 Å². The lowest BCUT2D eigenvalue weighted by atomic mass is 9.79. The van der Waals surface area contributed by atoms with E-state index in [1.54, 1.807) is 0 Å². The van der Waals surface area contributed by atoms with Gasteiger partial charge in [0.15, 0.2) is 0 Å². The molecule has 0 radical (unpaired) electrons. The van der Waals surface area contributed by atoms with Gasteiger partial charge in [-0.05, 0) is 63.4 Å². The number of carbonyl (C=O) groups is 1. The van der Waals surface area contributed by atoms with Gasteiger partial charge in [-0.1, -0.05) is 12.1 Å². The summed E-state index contributed by atoms with van der Waals surface area (Å²) in [5.74, 6) is 0.482. The third kappa shape index (κ3) is 2.18. The molecule has 4 heteroatoms. The highest BCUT2D eigenvalue weighted by Crippen LogP contribution is 2.39. The monoisotopic (exact) mass is 274 g/mol. The number of carbonyl (C=O) groups excluding carboxylic acids is 1. The molecule has 1 aromatic rings. The smallest absolute Gasteiger partial charge is 0.415 e. The molecule has 4 nitrogen and oxygen atoms in total. The van der Waals surface area contributed by atoms with Crippen LogP contribution in [-0.4, -0.2) is 31.3 Å². The normalized spacial score (nSPS) is 27.7. The summed E-state index contributed by atoms with van der Waals surface area (Å²) < 4.78 is 5.40. The molecule has 0 spiro atoms. The topological polar surface area (TPSA) is 41.6 Å². The molecule has 20 heavy (non-hydrogen) atoms. The predicted molar refractivity (Wildman–Crippen MR) is 79.0 cm³/mol. The van der Waals surface area contributed by atoms with E-state index in [1.807, 2.05) is 30.0 Å². The van der Waals surface area contributed by atoms with Gasteiger partial charge in [-0.2, -0.15) is 0 Å². The number of nitrogens with one attached hydrogen (secondary N) is 1. The van der Waals surface area contributed by atoms with Gasteiger partial charge in [0, 0.05) is 5.69 Å². The number of hydrogen-bond donors (Lipinski definition) is 1. The Hall–Kier alpha value is -1.55. The highest BCUT2D eigenvalue weighted by atomic mass is 16.6. The van der Waals surface area contributed by atoms with Crippen LogP contribution in [0.2, 0.25) is 0 Å². The van der Waals surface area contributed by atoms with Crippen LogP contribution in [0.1, 0.15) is 25.3 Å². The van der Waals surface area contributed by atoms with Crippen molar-refractivity contribution in [3.05, 3.63) is 29.8 Å². The number of ether oxygens (including phenoxy) is 1. The van der Waals surface area contributed by atoms with Gasteiger partial charge in [0.1, 0.15) is 6.61 Å². The van der Waals surface area contributed by atoms with E-state index in [9.17, 15) is 4.79 Å². The van der Waals surface area contributed by atoms with Crippen LogP contribution in [-0.2, 0) is 4.74 Å². The first kappa shape index (κ1) is 13.4. The maximum atomic E-state index is 12.2. The Morgan fingerprint density at radius 3 is 2.80 bits per heavy atom. The average molecular weight is 274 g/mol. The van der Waals surface area contributed by atoms with Gasteiger partial charge < -0.3 is 10.1 Å². The Balaban J connectivity index is 1.95. The second-order valence-electron chi connectivity index (χ2n) is 6.11. The molecule has 2 heterocycles. The van der Waals surface area contributed by atoms with Crippen molar-refractivity contribution in [2.45, 2.75) is 32.2 Å². The molecule has 108 valence electrons. The zero-order valence-corrected chi connectivity index (χ0v) is 12.2. The van der Waals surface area contributed by atoms with Crippen LogP contribution in [0.5, 0.6) is 0 Å². The zero-order valence-electron chi connectivity index (χ0n) is 12.2. The lowest BCUT2D eigenvalue weighted by molar-refractivity contribution is 0.156. The van der Waals surface area contributed by atoms with Gasteiger partial charge in [-0.15, -0.1) is 0 Å². The molecule has 0 aliphatic carbocycles. The van der Waals surface area contributed by atoms with E-state index in [2.05, 4.69) is 18.3 Å². The molecule has 2 saturated heterocycles. The van der Waals surface area contributed by atoms with E-state index in [-0.39, 0.29) is 11.6 Å². The van der Waals surface area contributed by atoms with Crippen molar-refractivity contribution < 1.29 is 9.53 Å². The maximum Gasteiger partial charge on any atom is 0.415 e. The predicted octanol–water partition coefficient (Wildman–Crippen LogP) is 2.71. The molecular formula is C16H22N2O2. The Kier molecular flexibility index (Phi) is 3.42. The number of benzene rings is 1. The number of amides is 1. The number of cyclic esters (lactones) is 1. The van der Waals surface area contributed by atoms with Crippen molar-refractivity contribution in [1.29, 1.82) is 0 Å². The van der Waals surface area contributed by atoms with Gasteiger partial charge in [0.2, 0.25) is 0 Å². The number of piperidine rings is 1. The summed E-state index contributed by atoms with van der Waals surface area (Å²) in [6.07, 6.45) is 1.97. The Bertz CT molecular complexity index is 511. The minimum atomic E-state index is -0.229. The van der Waals surface area contributed by atoms with Crippen molar-refractivity contribution in [3.8, 4) is 0 Å². The first-order valence-corrected chi connectivity index (χ1v) is 7.35. The van der Waals surface area contributed by atoms with E-state index < -0.39 is 0 Å². The Morgan fingerprint density at radius 1 is 1.35 bits per heavy atom. The summed E-state index contributed by atoms with van der Waals surface area (Å²) in [5, 5.41) is 3.39. The van der Waals surface area contributed by atoms with Crippen LogP contribution >= 0.6 is 0 Å². The van der Waals surface area contributed by atoms with Crippen molar-refractivity contribution in [2.24, 2.45) is 5.92 Å². The van der Waals surface area contributed by atoms with Crippen molar-refractivity contribution in [3.63, 3.8) is 0 Å². The SMILES string of the molecule is Cc1cccc(N2C(=O)OCC2(C)C2CCNCC2)c1. The summed E-state index contributed by atoms with van der Waals surface area (Å²) in [5.41, 5.74) is 1.89. The molecule has 0 bridgehead atoms. The van der Waals surface area contributed by atoms with Gasteiger partial charge in [0.05, 0.1) is 5.54 Å². The molecular weight excluding hydrogens is 252 g/mol. The number of rotatable bonds is 2. The van der Waals surface area contributed by atoms with Crippen LogP contribution in [0.15, 0.2) is 24.3 Å². The van der Waals surface area contributed by atoms with Gasteiger partial charge in [-0.3, -0.25) is 4.90 Å². The van der Waals surface area contributed by atoms with Crippen molar-refractivity contribution in [2.75, 3.05) is 24.6 Å². The molecule has 2 fully saturated rings. The van der Waals surface area contributed by atoms with E-state index in [0.29, 0.717) is 12.5 Å². The molecule has 1 amide bonds. The fourth-order valence-electron chi connectivity index (χ4n) is 3.46. The quantitative estimate of drug-likeness (QED) is 0.901. The Morgan fingerprint density at radius 2 is 2.10 bits per heavy atom. The highest BCUT2D eigenvalue weighted by molar-refractivity contribution is 5.91. The lowest BCUT2D eigenvalue weighted by Crippen LogP contribution is -2.53. The largest absolute Gasteiger partial charge is 0.447 e. The molecule has 1 unspecified atom stereocenters. The summed E-state index contributed by atoms with van der Waals surface area (Å²) >= 11 is 0. The molecule has 3 rings (SSSR count). The summed E-state index contributed by atoms with van der Waals surface area (Å²) in [4.78, 5) is 14.1. The highest BCUT2D eigenvalue weighted by Gasteiger charge is 2.49. The average Bonchev–Trinajstić information content (AvgIpc) is 2.77. The number of nitrogens with zero attached hydrogens (tertiary/aromatic N) is 1. The van der Waals surface area contributed by atoms with Gasteiger partial charge in [-0.25, -0.2) is 4.79 Å². The molecule has 2 aliphatic rings. The lowest BCUT2D eigenvalue weighted by Gasteiger charge is -2.41. The molecule has 1 aromatic carbocycles. The van der Waals surface area contributed by atoms with Crippen LogP contribution in [0.4, 0.5) is 10.5 Å². The van der Waals surface area contributed by atoms with Crippen LogP contribution in [0.3, 0.4) is 0 Å². The molecule has 0 aromatic heterocycles. The van der Waals surface area contributed by atoms with E-state index in [4.69, 9.17) is 4.74 Å². The van der Waals surface area contributed by atoms with Gasteiger partial charge >= 0.3 is 6.09 Å². The second-order valence-corrected chi connectivity index (χ2v) is 6.11. The maximum absolute atomic E-state index is 12.2. The fourth-order valence-corrected chi connectivity index (χ4v) is 3.46. The third-order valence-corrected chi connectivity index (χ3v) is 4.66. The first-order chi connectivity index (χ1) is 9.61. The van der Waals surface area contributed by atoms with Crippen LogP contribution in [0, 0.1) is 12.8 Å². The minimum Gasteiger partial charge on any atom is -0.447 e. The number of aryl methyl sites for hydroxylation is 1. The Labute approximate surface area is 120 Å². The van der Waals surface area contributed by atoms with E-state index in [1.165, 1.54) is 0 Å².